The fourth-order valence-electron chi connectivity index (χ4n) is 2.41. The van der Waals surface area contributed by atoms with Crippen LogP contribution in [0.15, 0.2) is 17.0 Å². The second-order valence-corrected chi connectivity index (χ2v) is 7.35. The van der Waals surface area contributed by atoms with Crippen molar-refractivity contribution >= 4 is 46.6 Å². The third-order valence-corrected chi connectivity index (χ3v) is 4.82. The van der Waals surface area contributed by atoms with Gasteiger partial charge in [-0.25, -0.2) is 4.79 Å². The lowest BCUT2D eigenvalue weighted by Crippen LogP contribution is -2.42. The Morgan fingerprint density at radius 2 is 1.89 bits per heavy atom. The fraction of sp³-hybridized carbons (Fsp3) is 0.389. The molecule has 2 amide bonds. The summed E-state index contributed by atoms with van der Waals surface area (Å²) in [5.74, 6) is -0.428. The van der Waals surface area contributed by atoms with Gasteiger partial charge in [-0.2, -0.15) is 0 Å². The zero-order chi connectivity index (χ0) is 20.3. The predicted molar refractivity (Wildman–Crippen MR) is 103 cm³/mol. The van der Waals surface area contributed by atoms with Gasteiger partial charge in [0.2, 0.25) is 0 Å². The number of hydrogen-bond acceptors (Lipinski definition) is 7. The van der Waals surface area contributed by atoms with Crippen LogP contribution >= 0.6 is 23.4 Å². The van der Waals surface area contributed by atoms with Gasteiger partial charge in [0.15, 0.2) is 11.5 Å². The molecule has 0 bridgehead atoms. The molecule has 1 unspecified atom stereocenters. The maximum atomic E-state index is 12.6. The number of methoxy groups -OCH3 is 2. The maximum absolute atomic E-state index is 12.6. The molecule has 1 atom stereocenters. The molecule has 0 saturated carbocycles. The number of thioether (sulfide) groups is 1. The van der Waals surface area contributed by atoms with Crippen molar-refractivity contribution in [2.45, 2.75) is 32.9 Å². The third-order valence-electron chi connectivity index (χ3n) is 3.66. The molecule has 2 rings (SSSR count). The van der Waals surface area contributed by atoms with Gasteiger partial charge >= 0.3 is 5.97 Å². The average molecular weight is 414 g/mol. The van der Waals surface area contributed by atoms with Crippen LogP contribution in [0, 0.1) is 0 Å². The Morgan fingerprint density at radius 1 is 1.22 bits per heavy atom. The molecule has 7 nitrogen and oxygen atoms in total. The summed E-state index contributed by atoms with van der Waals surface area (Å²) >= 11 is 7.03. The van der Waals surface area contributed by atoms with Crippen LogP contribution in [0.1, 0.15) is 26.3 Å². The Balaban J connectivity index is 2.36. The molecular formula is C18H20ClNO6S. The number of ether oxygens (including phenoxy) is 3. The highest BCUT2D eigenvalue weighted by Gasteiger charge is 2.41. The highest BCUT2D eigenvalue weighted by Crippen LogP contribution is 2.39. The standard InChI is InChI=1S/C18H20ClNO6S/c1-9(2)26-15-12(19)6-11(7-13(15)24-4)8-14-16(21)20(18(23)27-14)10(3)17(22)25-5/h6-10H,1-5H3. The molecule has 1 aromatic carbocycles. The topological polar surface area (TPSA) is 82.1 Å². The number of nitrogens with zero attached hydrogens (tertiary/aromatic N) is 1. The van der Waals surface area contributed by atoms with Crippen LogP contribution in [0.5, 0.6) is 11.5 Å². The van der Waals surface area contributed by atoms with Gasteiger partial charge in [-0.05, 0) is 56.3 Å². The molecule has 1 heterocycles. The zero-order valence-electron chi connectivity index (χ0n) is 15.6. The molecule has 1 saturated heterocycles. The number of halogens is 1. The quantitative estimate of drug-likeness (QED) is 0.519. The van der Waals surface area contributed by atoms with Crippen molar-refractivity contribution in [2.24, 2.45) is 0 Å². The number of hydrogen-bond donors (Lipinski definition) is 0. The molecule has 1 aliphatic rings. The SMILES string of the molecule is COC(=O)C(C)N1C(=O)SC(=Cc2cc(Cl)c(OC(C)C)c(OC)c2)C1=O. The molecular weight excluding hydrogens is 394 g/mol. The van der Waals surface area contributed by atoms with Gasteiger partial charge < -0.3 is 14.2 Å². The van der Waals surface area contributed by atoms with E-state index in [1.54, 1.807) is 12.1 Å². The first kappa shape index (κ1) is 21.1. The number of esters is 1. The van der Waals surface area contributed by atoms with Crippen molar-refractivity contribution in [3.8, 4) is 11.5 Å². The monoisotopic (exact) mass is 413 g/mol. The Labute approximate surface area is 166 Å². The third kappa shape index (κ3) is 4.56. The van der Waals surface area contributed by atoms with E-state index >= 15 is 0 Å². The molecule has 1 aromatic rings. The van der Waals surface area contributed by atoms with E-state index in [-0.39, 0.29) is 11.0 Å². The van der Waals surface area contributed by atoms with E-state index in [1.807, 2.05) is 13.8 Å². The molecule has 0 spiro atoms. The van der Waals surface area contributed by atoms with E-state index in [2.05, 4.69) is 4.74 Å². The first-order valence-corrected chi connectivity index (χ1v) is 9.28. The Morgan fingerprint density at radius 3 is 2.44 bits per heavy atom. The molecule has 0 aliphatic carbocycles. The van der Waals surface area contributed by atoms with Crippen molar-refractivity contribution in [3.63, 3.8) is 0 Å². The molecule has 27 heavy (non-hydrogen) atoms. The lowest BCUT2D eigenvalue weighted by atomic mass is 10.1. The molecule has 0 aromatic heterocycles. The number of benzene rings is 1. The van der Waals surface area contributed by atoms with Crippen LogP contribution in [0.25, 0.3) is 6.08 Å². The minimum Gasteiger partial charge on any atom is -0.493 e. The van der Waals surface area contributed by atoms with Crippen molar-refractivity contribution in [3.05, 3.63) is 27.6 Å². The van der Waals surface area contributed by atoms with E-state index in [0.29, 0.717) is 22.1 Å². The van der Waals surface area contributed by atoms with Crippen LogP contribution in [-0.4, -0.2) is 48.4 Å². The van der Waals surface area contributed by atoms with Crippen molar-refractivity contribution < 1.29 is 28.6 Å². The average Bonchev–Trinajstić information content (AvgIpc) is 2.88. The van der Waals surface area contributed by atoms with Crippen molar-refractivity contribution in [1.82, 2.24) is 4.90 Å². The summed E-state index contributed by atoms with van der Waals surface area (Å²) in [6.07, 6.45) is 1.42. The predicted octanol–water partition coefficient (Wildman–Crippen LogP) is 3.73. The summed E-state index contributed by atoms with van der Waals surface area (Å²) in [6.45, 7) is 5.16. The van der Waals surface area contributed by atoms with Gasteiger partial charge in [-0.15, -0.1) is 0 Å². The number of rotatable bonds is 6. The first-order chi connectivity index (χ1) is 12.7. The summed E-state index contributed by atoms with van der Waals surface area (Å²) in [4.78, 5) is 37.4. The molecule has 146 valence electrons. The zero-order valence-corrected chi connectivity index (χ0v) is 17.1. The van der Waals surface area contributed by atoms with E-state index in [1.165, 1.54) is 27.2 Å². The number of amides is 2. The highest BCUT2D eigenvalue weighted by molar-refractivity contribution is 8.18. The van der Waals surface area contributed by atoms with Crippen LogP contribution in [0.3, 0.4) is 0 Å². The van der Waals surface area contributed by atoms with E-state index in [9.17, 15) is 14.4 Å². The first-order valence-electron chi connectivity index (χ1n) is 8.08. The minimum absolute atomic E-state index is 0.0986. The lowest BCUT2D eigenvalue weighted by molar-refractivity contribution is -0.148. The minimum atomic E-state index is -1.01. The lowest BCUT2D eigenvalue weighted by Gasteiger charge is -2.18. The fourth-order valence-corrected chi connectivity index (χ4v) is 3.59. The van der Waals surface area contributed by atoms with Gasteiger partial charge in [-0.3, -0.25) is 14.5 Å². The molecule has 0 N–H and O–H groups in total. The largest absolute Gasteiger partial charge is 0.493 e. The molecule has 9 heteroatoms. The summed E-state index contributed by atoms with van der Waals surface area (Å²) < 4.78 is 15.6. The van der Waals surface area contributed by atoms with Crippen LogP contribution in [-0.2, 0) is 14.3 Å². The van der Waals surface area contributed by atoms with Crippen molar-refractivity contribution in [1.29, 1.82) is 0 Å². The van der Waals surface area contributed by atoms with Gasteiger partial charge in [0.25, 0.3) is 11.1 Å². The second-order valence-electron chi connectivity index (χ2n) is 5.95. The Kier molecular flexibility index (Phi) is 6.78. The maximum Gasteiger partial charge on any atom is 0.328 e. The van der Waals surface area contributed by atoms with E-state index < -0.39 is 23.2 Å². The van der Waals surface area contributed by atoms with Gasteiger partial charge in [-0.1, -0.05) is 11.6 Å². The van der Waals surface area contributed by atoms with Gasteiger partial charge in [0, 0.05) is 0 Å². The number of carbonyl (C=O) groups excluding carboxylic acids is 3. The Bertz CT molecular complexity index is 807. The van der Waals surface area contributed by atoms with Crippen LogP contribution in [0.4, 0.5) is 4.79 Å². The molecule has 1 fully saturated rings. The number of carbonyl (C=O) groups is 3. The smallest absolute Gasteiger partial charge is 0.328 e. The summed E-state index contributed by atoms with van der Waals surface area (Å²) in [7, 11) is 2.68. The highest BCUT2D eigenvalue weighted by atomic mass is 35.5. The summed E-state index contributed by atoms with van der Waals surface area (Å²) in [6, 6.07) is 2.26. The summed E-state index contributed by atoms with van der Waals surface area (Å²) in [5, 5.41) is -0.224. The second kappa shape index (κ2) is 8.67. The van der Waals surface area contributed by atoms with E-state index in [0.717, 1.165) is 16.7 Å². The molecule has 1 aliphatic heterocycles. The number of imide groups is 1. The van der Waals surface area contributed by atoms with Crippen LogP contribution in [0.2, 0.25) is 5.02 Å². The normalized spacial score (nSPS) is 16.9. The van der Waals surface area contributed by atoms with Gasteiger partial charge in [0.05, 0.1) is 30.3 Å². The van der Waals surface area contributed by atoms with Crippen LogP contribution < -0.4 is 9.47 Å². The Hall–Kier alpha value is -2.19. The van der Waals surface area contributed by atoms with E-state index in [4.69, 9.17) is 21.1 Å². The van der Waals surface area contributed by atoms with Gasteiger partial charge in [0.1, 0.15) is 6.04 Å². The van der Waals surface area contributed by atoms with Crippen molar-refractivity contribution in [2.75, 3.05) is 14.2 Å². The molecule has 0 radical (unpaired) electrons. The summed E-state index contributed by atoms with van der Waals surface area (Å²) in [5.41, 5.74) is 0.559.